The monoisotopic (exact) mass is 262 g/mol. The normalized spacial score (nSPS) is 12.6. The van der Waals surface area contributed by atoms with E-state index in [2.05, 4.69) is 20.9 Å². The second-order valence-corrected chi connectivity index (χ2v) is 4.02. The van der Waals surface area contributed by atoms with Crippen molar-refractivity contribution in [3.8, 4) is 0 Å². The smallest absolute Gasteiger partial charge is 0.166 e. The van der Waals surface area contributed by atoms with E-state index >= 15 is 0 Å². The lowest BCUT2D eigenvalue weighted by atomic mass is 10.3. The molecule has 5 heteroatoms. The van der Waals surface area contributed by atoms with Gasteiger partial charge in [-0.3, -0.25) is 0 Å². The van der Waals surface area contributed by atoms with Gasteiger partial charge in [-0.25, -0.2) is 9.37 Å². The van der Waals surface area contributed by atoms with Crippen molar-refractivity contribution < 1.29 is 9.50 Å². The van der Waals surface area contributed by atoms with Gasteiger partial charge < -0.3 is 10.0 Å². The van der Waals surface area contributed by atoms with Gasteiger partial charge in [-0.1, -0.05) is 0 Å². The van der Waals surface area contributed by atoms with Crippen LogP contribution in [-0.2, 0) is 0 Å². The predicted molar refractivity (Wildman–Crippen MR) is 56.8 cm³/mol. The molecule has 1 atom stereocenters. The standard InChI is InChI=1S/C9H12BrFN2O/c1-6(5-14)13(2)9-8(11)3-7(10)4-12-9/h3-4,6,14H,5H2,1-2H3. The molecular weight excluding hydrogens is 251 g/mol. The molecule has 1 aromatic rings. The van der Waals surface area contributed by atoms with E-state index in [1.165, 1.54) is 12.3 Å². The van der Waals surface area contributed by atoms with Crippen molar-refractivity contribution in [3.63, 3.8) is 0 Å². The molecule has 14 heavy (non-hydrogen) atoms. The number of aliphatic hydroxyl groups excluding tert-OH is 1. The summed E-state index contributed by atoms with van der Waals surface area (Å²) < 4.78 is 14.0. The van der Waals surface area contributed by atoms with E-state index in [1.807, 2.05) is 0 Å². The minimum atomic E-state index is -0.401. The minimum Gasteiger partial charge on any atom is -0.394 e. The lowest BCUT2D eigenvalue weighted by molar-refractivity contribution is 0.269. The van der Waals surface area contributed by atoms with E-state index in [9.17, 15) is 4.39 Å². The van der Waals surface area contributed by atoms with Crippen LogP contribution in [0.3, 0.4) is 0 Å². The Morgan fingerprint density at radius 1 is 1.71 bits per heavy atom. The Bertz CT molecular complexity index is 322. The van der Waals surface area contributed by atoms with Gasteiger partial charge in [0.25, 0.3) is 0 Å². The SMILES string of the molecule is CC(CO)N(C)c1ncc(Br)cc1F. The second kappa shape index (κ2) is 4.70. The Morgan fingerprint density at radius 3 is 2.86 bits per heavy atom. The maximum atomic E-state index is 13.4. The summed E-state index contributed by atoms with van der Waals surface area (Å²) in [6.07, 6.45) is 1.53. The van der Waals surface area contributed by atoms with Crippen LogP contribution < -0.4 is 4.90 Å². The zero-order valence-corrected chi connectivity index (χ0v) is 9.62. The van der Waals surface area contributed by atoms with Crippen LogP contribution in [0.2, 0.25) is 0 Å². The molecular formula is C9H12BrFN2O. The lowest BCUT2D eigenvalue weighted by Crippen LogP contribution is -2.33. The molecule has 1 rings (SSSR count). The van der Waals surface area contributed by atoms with Crippen LogP contribution in [0, 0.1) is 5.82 Å². The fraction of sp³-hybridized carbons (Fsp3) is 0.444. The van der Waals surface area contributed by atoms with Crippen molar-refractivity contribution in [3.05, 3.63) is 22.6 Å². The average Bonchev–Trinajstić information content (AvgIpc) is 2.15. The molecule has 0 radical (unpaired) electrons. The molecule has 1 aromatic heterocycles. The topological polar surface area (TPSA) is 36.4 Å². The number of pyridine rings is 1. The number of nitrogens with zero attached hydrogens (tertiary/aromatic N) is 2. The highest BCUT2D eigenvalue weighted by atomic mass is 79.9. The number of hydrogen-bond donors (Lipinski definition) is 1. The molecule has 0 fully saturated rings. The summed E-state index contributed by atoms with van der Waals surface area (Å²) in [5, 5.41) is 8.91. The molecule has 1 unspecified atom stereocenters. The van der Waals surface area contributed by atoms with E-state index in [-0.39, 0.29) is 18.5 Å². The number of likely N-dealkylation sites (N-methyl/N-ethyl adjacent to an activating group) is 1. The van der Waals surface area contributed by atoms with E-state index in [0.29, 0.717) is 4.47 Å². The van der Waals surface area contributed by atoms with Crippen LogP contribution >= 0.6 is 15.9 Å². The summed E-state index contributed by atoms with van der Waals surface area (Å²) in [4.78, 5) is 5.54. The first kappa shape index (κ1) is 11.4. The van der Waals surface area contributed by atoms with Gasteiger partial charge in [0.2, 0.25) is 0 Å². The first-order chi connectivity index (χ1) is 6.56. The molecule has 0 aromatic carbocycles. The third kappa shape index (κ3) is 2.42. The van der Waals surface area contributed by atoms with Gasteiger partial charge in [0.15, 0.2) is 11.6 Å². The number of rotatable bonds is 3. The summed E-state index contributed by atoms with van der Waals surface area (Å²) >= 11 is 3.13. The largest absolute Gasteiger partial charge is 0.394 e. The molecule has 0 amide bonds. The van der Waals surface area contributed by atoms with Gasteiger partial charge >= 0.3 is 0 Å². The Kier molecular flexibility index (Phi) is 3.83. The molecule has 0 spiro atoms. The van der Waals surface area contributed by atoms with Crippen LogP contribution in [-0.4, -0.2) is 29.8 Å². The third-order valence-electron chi connectivity index (χ3n) is 2.05. The Balaban J connectivity index is 2.95. The van der Waals surface area contributed by atoms with Crippen molar-refractivity contribution in [1.29, 1.82) is 0 Å². The number of halogens is 2. The number of anilines is 1. The molecule has 0 saturated carbocycles. The quantitative estimate of drug-likeness (QED) is 0.903. The molecule has 0 aliphatic rings. The number of aromatic nitrogens is 1. The van der Waals surface area contributed by atoms with Crippen molar-refractivity contribution in [2.45, 2.75) is 13.0 Å². The fourth-order valence-electron chi connectivity index (χ4n) is 0.998. The zero-order chi connectivity index (χ0) is 10.7. The highest BCUT2D eigenvalue weighted by molar-refractivity contribution is 9.10. The minimum absolute atomic E-state index is 0.0340. The molecule has 0 aliphatic heterocycles. The van der Waals surface area contributed by atoms with Crippen LogP contribution in [0.15, 0.2) is 16.7 Å². The molecule has 0 bridgehead atoms. The molecule has 0 aliphatic carbocycles. The van der Waals surface area contributed by atoms with Crippen LogP contribution in [0.5, 0.6) is 0 Å². The second-order valence-electron chi connectivity index (χ2n) is 3.10. The third-order valence-corrected chi connectivity index (χ3v) is 2.48. The maximum absolute atomic E-state index is 13.4. The molecule has 3 nitrogen and oxygen atoms in total. The number of aliphatic hydroxyl groups is 1. The van der Waals surface area contributed by atoms with E-state index in [0.717, 1.165) is 0 Å². The summed E-state index contributed by atoms with van der Waals surface area (Å²) in [6.45, 7) is 1.76. The first-order valence-electron chi connectivity index (χ1n) is 4.21. The van der Waals surface area contributed by atoms with E-state index in [4.69, 9.17) is 5.11 Å². The summed E-state index contributed by atoms with van der Waals surface area (Å²) in [7, 11) is 1.69. The van der Waals surface area contributed by atoms with Crippen molar-refractivity contribution in [2.75, 3.05) is 18.6 Å². The summed E-state index contributed by atoms with van der Waals surface area (Å²) in [5.74, 6) is -0.156. The summed E-state index contributed by atoms with van der Waals surface area (Å²) in [5.41, 5.74) is 0. The molecule has 78 valence electrons. The van der Waals surface area contributed by atoms with E-state index in [1.54, 1.807) is 18.9 Å². The predicted octanol–water partition coefficient (Wildman–Crippen LogP) is 1.80. The van der Waals surface area contributed by atoms with Gasteiger partial charge in [0.1, 0.15) is 0 Å². The van der Waals surface area contributed by atoms with Crippen molar-refractivity contribution >= 4 is 21.7 Å². The van der Waals surface area contributed by atoms with Gasteiger partial charge in [0, 0.05) is 17.7 Å². The average molecular weight is 263 g/mol. The van der Waals surface area contributed by atoms with Crippen molar-refractivity contribution in [2.24, 2.45) is 0 Å². The Morgan fingerprint density at radius 2 is 2.36 bits per heavy atom. The summed E-state index contributed by atoms with van der Waals surface area (Å²) in [6, 6.07) is 1.20. The maximum Gasteiger partial charge on any atom is 0.166 e. The van der Waals surface area contributed by atoms with Gasteiger partial charge in [-0.15, -0.1) is 0 Å². The molecule has 1 heterocycles. The Labute approximate surface area is 90.7 Å². The van der Waals surface area contributed by atoms with Gasteiger partial charge in [0.05, 0.1) is 12.6 Å². The molecule has 0 saturated heterocycles. The van der Waals surface area contributed by atoms with Gasteiger partial charge in [-0.2, -0.15) is 0 Å². The van der Waals surface area contributed by atoms with Crippen molar-refractivity contribution in [1.82, 2.24) is 4.98 Å². The number of hydrogen-bond acceptors (Lipinski definition) is 3. The fourth-order valence-corrected chi connectivity index (χ4v) is 1.30. The first-order valence-corrected chi connectivity index (χ1v) is 5.00. The van der Waals surface area contributed by atoms with Gasteiger partial charge in [-0.05, 0) is 28.9 Å². The Hall–Kier alpha value is -0.680. The lowest BCUT2D eigenvalue weighted by Gasteiger charge is -2.24. The van der Waals surface area contributed by atoms with Crippen LogP contribution in [0.1, 0.15) is 6.92 Å². The zero-order valence-electron chi connectivity index (χ0n) is 8.04. The molecule has 1 N–H and O–H groups in total. The van der Waals surface area contributed by atoms with Crippen LogP contribution in [0.25, 0.3) is 0 Å². The highest BCUT2D eigenvalue weighted by Crippen LogP contribution is 2.20. The van der Waals surface area contributed by atoms with Crippen LogP contribution in [0.4, 0.5) is 10.2 Å². The highest BCUT2D eigenvalue weighted by Gasteiger charge is 2.14. The van der Waals surface area contributed by atoms with E-state index < -0.39 is 5.82 Å².